The Labute approximate surface area is 81.6 Å². The van der Waals surface area contributed by atoms with Crippen molar-refractivity contribution in [2.24, 2.45) is 5.92 Å². The minimum atomic E-state index is -0.997. The number of hydrogen-bond acceptors (Lipinski definition) is 3. The van der Waals surface area contributed by atoms with Crippen molar-refractivity contribution in [3.8, 4) is 0 Å². The van der Waals surface area contributed by atoms with Crippen LogP contribution in [-0.4, -0.2) is 22.6 Å². The summed E-state index contributed by atoms with van der Waals surface area (Å²) < 4.78 is 5.18. The van der Waals surface area contributed by atoms with E-state index in [1.54, 1.807) is 0 Å². The number of esters is 1. The topological polar surface area (TPSA) is 63.6 Å². The fourth-order valence-corrected chi connectivity index (χ4v) is 2.48. The van der Waals surface area contributed by atoms with Gasteiger partial charge in [-0.25, -0.2) is 4.79 Å². The predicted molar refractivity (Wildman–Crippen MR) is 47.6 cm³/mol. The van der Waals surface area contributed by atoms with Crippen LogP contribution in [0.5, 0.6) is 0 Å². The van der Waals surface area contributed by atoms with Crippen LogP contribution in [0.25, 0.3) is 0 Å². The highest BCUT2D eigenvalue weighted by Crippen LogP contribution is 2.47. The van der Waals surface area contributed by atoms with E-state index in [1.165, 1.54) is 0 Å². The average Bonchev–Trinajstić information content (AvgIpc) is 2.61. The summed E-state index contributed by atoms with van der Waals surface area (Å²) >= 11 is 0. The van der Waals surface area contributed by atoms with Crippen molar-refractivity contribution >= 4 is 11.9 Å². The zero-order valence-corrected chi connectivity index (χ0v) is 7.78. The summed E-state index contributed by atoms with van der Waals surface area (Å²) in [4.78, 5) is 22.3. The molecular formula is C10H12O4. The number of ether oxygens (including phenoxy) is 1. The second kappa shape index (κ2) is 2.83. The van der Waals surface area contributed by atoms with E-state index >= 15 is 0 Å². The van der Waals surface area contributed by atoms with Gasteiger partial charge in [-0.05, 0) is 25.7 Å². The van der Waals surface area contributed by atoms with Gasteiger partial charge in [-0.2, -0.15) is 0 Å². The summed E-state index contributed by atoms with van der Waals surface area (Å²) in [7, 11) is 0. The molecule has 76 valence electrons. The van der Waals surface area contributed by atoms with Gasteiger partial charge in [0.25, 0.3) is 0 Å². The first-order valence-corrected chi connectivity index (χ1v) is 4.72. The molecule has 4 heteroatoms. The van der Waals surface area contributed by atoms with Crippen LogP contribution in [0.15, 0.2) is 12.2 Å². The van der Waals surface area contributed by atoms with E-state index in [1.807, 2.05) is 0 Å². The van der Waals surface area contributed by atoms with Crippen LogP contribution in [-0.2, 0) is 14.3 Å². The van der Waals surface area contributed by atoms with Crippen molar-refractivity contribution in [3.05, 3.63) is 12.2 Å². The summed E-state index contributed by atoms with van der Waals surface area (Å²) in [5.41, 5.74) is -0.681. The van der Waals surface area contributed by atoms with E-state index in [4.69, 9.17) is 9.84 Å². The molecular weight excluding hydrogens is 184 g/mol. The van der Waals surface area contributed by atoms with E-state index in [2.05, 4.69) is 6.58 Å². The fraction of sp³-hybridized carbons (Fsp3) is 0.600. The highest BCUT2D eigenvalue weighted by molar-refractivity contribution is 5.98. The zero-order valence-electron chi connectivity index (χ0n) is 7.78. The molecule has 1 spiro atoms. The number of carbonyl (C=O) groups excluding carboxylic acids is 1. The molecule has 0 radical (unpaired) electrons. The minimum Gasteiger partial charge on any atom is -0.481 e. The number of rotatable bonds is 1. The van der Waals surface area contributed by atoms with Gasteiger partial charge in [0.05, 0.1) is 0 Å². The molecule has 1 N–H and O–H groups in total. The number of aliphatic carboxylic acids is 1. The normalized spacial score (nSPS) is 29.6. The maximum absolute atomic E-state index is 11.3. The first-order valence-electron chi connectivity index (χ1n) is 4.72. The van der Waals surface area contributed by atoms with Gasteiger partial charge in [0.2, 0.25) is 0 Å². The SMILES string of the molecule is C=C1C(=O)OC2(CCCC2)[C@@H]1C(=O)O. The van der Waals surface area contributed by atoms with Crippen molar-refractivity contribution in [1.82, 2.24) is 0 Å². The molecule has 2 fully saturated rings. The molecule has 1 aliphatic carbocycles. The van der Waals surface area contributed by atoms with Crippen LogP contribution in [0.2, 0.25) is 0 Å². The standard InChI is InChI=1S/C10H12O4/c1-6-7(8(11)12)10(14-9(6)13)4-2-3-5-10/h7H,1-5H2,(H,11,12)/t7-/m0/s1. The lowest BCUT2D eigenvalue weighted by atomic mass is 9.84. The molecule has 1 aliphatic heterocycles. The maximum atomic E-state index is 11.3. The first-order chi connectivity index (χ1) is 6.57. The van der Waals surface area contributed by atoms with Gasteiger partial charge in [-0.15, -0.1) is 0 Å². The van der Waals surface area contributed by atoms with Crippen molar-refractivity contribution < 1.29 is 19.4 Å². The Balaban J connectivity index is 2.37. The molecule has 2 rings (SSSR count). The zero-order chi connectivity index (χ0) is 10.3. The molecule has 1 heterocycles. The third-order valence-electron chi connectivity index (χ3n) is 3.13. The Bertz CT molecular complexity index is 312. The molecule has 0 aromatic rings. The summed E-state index contributed by atoms with van der Waals surface area (Å²) in [6.45, 7) is 3.50. The van der Waals surface area contributed by atoms with Crippen molar-refractivity contribution in [3.63, 3.8) is 0 Å². The van der Waals surface area contributed by atoms with E-state index < -0.39 is 23.5 Å². The summed E-state index contributed by atoms with van der Waals surface area (Å²) in [6.07, 6.45) is 3.14. The molecule has 1 saturated heterocycles. The number of carboxylic acid groups (broad SMARTS) is 1. The molecule has 1 saturated carbocycles. The van der Waals surface area contributed by atoms with Crippen LogP contribution in [0.4, 0.5) is 0 Å². The van der Waals surface area contributed by atoms with E-state index in [-0.39, 0.29) is 5.57 Å². The van der Waals surface area contributed by atoms with Gasteiger partial charge < -0.3 is 9.84 Å². The molecule has 0 aromatic carbocycles. The molecule has 0 unspecified atom stereocenters. The molecule has 14 heavy (non-hydrogen) atoms. The van der Waals surface area contributed by atoms with Gasteiger partial charge in [0, 0.05) is 5.57 Å². The largest absolute Gasteiger partial charge is 0.481 e. The summed E-state index contributed by atoms with van der Waals surface area (Å²) in [5.74, 6) is -2.38. The molecule has 4 nitrogen and oxygen atoms in total. The van der Waals surface area contributed by atoms with Crippen LogP contribution in [0, 0.1) is 5.92 Å². The van der Waals surface area contributed by atoms with Gasteiger partial charge in [0.15, 0.2) is 0 Å². The third-order valence-corrected chi connectivity index (χ3v) is 3.13. The Morgan fingerprint density at radius 1 is 1.50 bits per heavy atom. The molecule has 0 aromatic heterocycles. The first kappa shape index (κ1) is 9.24. The van der Waals surface area contributed by atoms with Gasteiger partial charge in [-0.3, -0.25) is 4.79 Å². The fourth-order valence-electron chi connectivity index (χ4n) is 2.48. The van der Waals surface area contributed by atoms with Crippen LogP contribution < -0.4 is 0 Å². The van der Waals surface area contributed by atoms with Crippen molar-refractivity contribution in [2.75, 3.05) is 0 Å². The van der Waals surface area contributed by atoms with E-state index in [0.717, 1.165) is 12.8 Å². The maximum Gasteiger partial charge on any atom is 0.335 e. The Kier molecular flexibility index (Phi) is 1.87. The second-order valence-electron chi connectivity index (χ2n) is 3.96. The lowest BCUT2D eigenvalue weighted by Gasteiger charge is -2.25. The number of hydrogen-bond donors (Lipinski definition) is 1. The van der Waals surface area contributed by atoms with Crippen LogP contribution in [0.1, 0.15) is 25.7 Å². The van der Waals surface area contributed by atoms with Crippen molar-refractivity contribution in [1.29, 1.82) is 0 Å². The van der Waals surface area contributed by atoms with E-state index in [0.29, 0.717) is 12.8 Å². The lowest BCUT2D eigenvalue weighted by Crippen LogP contribution is -2.37. The summed E-state index contributed by atoms with van der Waals surface area (Å²) in [6, 6.07) is 0. The van der Waals surface area contributed by atoms with E-state index in [9.17, 15) is 9.59 Å². The van der Waals surface area contributed by atoms with Crippen molar-refractivity contribution in [2.45, 2.75) is 31.3 Å². The quantitative estimate of drug-likeness (QED) is 0.504. The lowest BCUT2D eigenvalue weighted by molar-refractivity contribution is -0.153. The smallest absolute Gasteiger partial charge is 0.335 e. The Morgan fingerprint density at radius 2 is 2.07 bits per heavy atom. The molecule has 2 aliphatic rings. The third kappa shape index (κ3) is 1.06. The van der Waals surface area contributed by atoms with Gasteiger partial charge in [0.1, 0.15) is 11.5 Å². The number of carboxylic acids is 1. The minimum absolute atomic E-state index is 0.0967. The van der Waals surface area contributed by atoms with Crippen LogP contribution in [0.3, 0.4) is 0 Å². The molecule has 0 bridgehead atoms. The monoisotopic (exact) mass is 196 g/mol. The Morgan fingerprint density at radius 3 is 2.57 bits per heavy atom. The molecule has 1 atom stereocenters. The van der Waals surface area contributed by atoms with Gasteiger partial charge in [-0.1, -0.05) is 6.58 Å². The Hall–Kier alpha value is -1.32. The number of carbonyl (C=O) groups is 2. The highest BCUT2D eigenvalue weighted by atomic mass is 16.6. The highest BCUT2D eigenvalue weighted by Gasteiger charge is 2.56. The predicted octanol–water partition coefficient (Wildman–Crippen LogP) is 1.11. The van der Waals surface area contributed by atoms with Gasteiger partial charge >= 0.3 is 11.9 Å². The average molecular weight is 196 g/mol. The second-order valence-corrected chi connectivity index (χ2v) is 3.96. The van der Waals surface area contributed by atoms with Crippen LogP contribution >= 0.6 is 0 Å². The summed E-state index contributed by atoms with van der Waals surface area (Å²) in [5, 5.41) is 9.03. The molecule has 0 amide bonds.